The average molecular weight is 1350 g/mol. The Bertz CT molecular complexity index is 7850. The lowest BCUT2D eigenvalue weighted by Gasteiger charge is -2.10. The van der Waals surface area contributed by atoms with Crippen molar-refractivity contribution in [3.05, 3.63) is 364 Å². The Balaban J connectivity index is 0.000000129. The molecule has 0 fully saturated rings. The predicted molar refractivity (Wildman–Crippen MR) is 446 cm³/mol. The fourth-order valence-electron chi connectivity index (χ4n) is 17.7. The Morgan fingerprint density at radius 1 is 0.160 bits per heavy atom. The molecule has 0 aliphatic rings. The molecule has 0 atom stereocenters. The Hall–Kier alpha value is -14.2. The van der Waals surface area contributed by atoms with E-state index in [1.807, 2.05) is 12.1 Å². The summed E-state index contributed by atoms with van der Waals surface area (Å²) in [4.78, 5) is 0. The third-order valence-corrected chi connectivity index (χ3v) is 22.5. The second-order valence-electron chi connectivity index (χ2n) is 28.3. The topological polar surface area (TPSA) is 46.0 Å². The molecular formula is C100H60N4O2. The minimum atomic E-state index is 0.907. The first-order valence-corrected chi connectivity index (χ1v) is 36.3. The van der Waals surface area contributed by atoms with E-state index in [1.165, 1.54) is 148 Å². The molecule has 0 saturated carbocycles. The molecule has 24 rings (SSSR count). The van der Waals surface area contributed by atoms with Crippen molar-refractivity contribution in [1.82, 2.24) is 18.3 Å². The molecule has 6 heteroatoms. The van der Waals surface area contributed by atoms with Gasteiger partial charge >= 0.3 is 0 Å². The van der Waals surface area contributed by atoms with Gasteiger partial charge in [-0.3, -0.25) is 0 Å². The van der Waals surface area contributed by atoms with Crippen LogP contribution in [0.25, 0.3) is 219 Å². The van der Waals surface area contributed by atoms with Crippen molar-refractivity contribution in [2.75, 3.05) is 0 Å². The molecule has 6 nitrogen and oxygen atoms in total. The molecule has 492 valence electrons. The molecule has 0 spiro atoms. The number of nitrogens with zero attached hydrogens (tertiary/aromatic N) is 4. The summed E-state index contributed by atoms with van der Waals surface area (Å²) in [6, 6.07) is 132. The molecule has 0 aliphatic carbocycles. The molecule has 0 saturated heterocycles. The molecule has 0 N–H and O–H groups in total. The van der Waals surface area contributed by atoms with Crippen LogP contribution in [0.4, 0.5) is 0 Å². The fraction of sp³-hybridized carbons (Fsp3) is 0. The molecule has 0 radical (unpaired) electrons. The molecular weight excluding hydrogens is 1290 g/mol. The monoisotopic (exact) mass is 1350 g/mol. The number of hydrogen-bond donors (Lipinski definition) is 0. The van der Waals surface area contributed by atoms with E-state index in [9.17, 15) is 0 Å². The Morgan fingerprint density at radius 3 is 0.943 bits per heavy atom. The summed E-state index contributed by atoms with van der Waals surface area (Å²) in [7, 11) is 0. The van der Waals surface area contributed by atoms with Crippen LogP contribution in [0.3, 0.4) is 0 Å². The molecule has 0 amide bonds. The van der Waals surface area contributed by atoms with E-state index in [2.05, 4.69) is 370 Å². The predicted octanol–water partition coefficient (Wildman–Crippen LogP) is 27.5. The highest BCUT2D eigenvalue weighted by molar-refractivity contribution is 6.29. The lowest BCUT2D eigenvalue weighted by molar-refractivity contribution is 0.669. The van der Waals surface area contributed by atoms with Crippen molar-refractivity contribution in [2.45, 2.75) is 0 Å². The zero-order valence-corrected chi connectivity index (χ0v) is 57.2. The minimum absolute atomic E-state index is 0.907. The Labute approximate surface area is 606 Å². The van der Waals surface area contributed by atoms with Gasteiger partial charge in [-0.1, -0.05) is 218 Å². The highest BCUT2D eigenvalue weighted by Crippen LogP contribution is 2.47. The maximum Gasteiger partial charge on any atom is 0.145 e. The van der Waals surface area contributed by atoms with Gasteiger partial charge in [-0.25, -0.2) is 0 Å². The van der Waals surface area contributed by atoms with E-state index in [4.69, 9.17) is 8.83 Å². The van der Waals surface area contributed by atoms with Gasteiger partial charge in [0, 0.05) is 82.0 Å². The van der Waals surface area contributed by atoms with Crippen LogP contribution in [0.15, 0.2) is 373 Å². The van der Waals surface area contributed by atoms with Gasteiger partial charge in [0.25, 0.3) is 0 Å². The van der Waals surface area contributed by atoms with Crippen molar-refractivity contribution < 1.29 is 8.83 Å². The highest BCUT2D eigenvalue weighted by atomic mass is 16.3. The average Bonchev–Trinajstić information content (AvgIpc) is 1.56. The first-order valence-electron chi connectivity index (χ1n) is 36.3. The van der Waals surface area contributed by atoms with Gasteiger partial charge in [0.1, 0.15) is 22.3 Å². The summed E-state index contributed by atoms with van der Waals surface area (Å²) in [6.07, 6.45) is 0. The number of furan rings is 2. The van der Waals surface area contributed by atoms with Crippen LogP contribution in [0.1, 0.15) is 0 Å². The second kappa shape index (κ2) is 22.6. The molecule has 0 unspecified atom stereocenters. The molecule has 6 heterocycles. The standard InChI is InChI=1S/2C50H30N2O/c1-3-11-33-27-37(21-17-31(33)9-1)51-44-15-7-5-13-39(44)42-29-35(19-24-45(42)51)36-20-25-46-43(30-36)49-47(26-23-41-40-14-6-8-16-48(40)53-50(41)49)52(46)38-22-18-32-10-2-4-12-34(32)28-38;1-3-11-33-27-37(21-17-31(33)9-1)51-43-15-7-5-13-39(43)41-29-35(19-23-44(41)51)36-20-24-45-42(30-36)49-46(25-26-48-50(49)40-14-6-8-16-47(40)53-48)52(45)38-22-18-32-10-2-4-12-34(32)28-38/h2*1-30H. The van der Waals surface area contributed by atoms with Crippen LogP contribution >= 0.6 is 0 Å². The van der Waals surface area contributed by atoms with Gasteiger partial charge in [-0.15, -0.1) is 0 Å². The summed E-state index contributed by atoms with van der Waals surface area (Å²) in [5.74, 6) is 0. The van der Waals surface area contributed by atoms with E-state index in [-0.39, 0.29) is 0 Å². The highest BCUT2D eigenvalue weighted by Gasteiger charge is 2.24. The smallest absolute Gasteiger partial charge is 0.145 e. The molecule has 18 aromatic carbocycles. The first kappa shape index (κ1) is 58.4. The minimum Gasteiger partial charge on any atom is -0.456 e. The number of para-hydroxylation sites is 4. The number of hydrogen-bond acceptors (Lipinski definition) is 2. The number of aromatic nitrogens is 4. The molecule has 24 aromatic rings. The lowest BCUT2D eigenvalue weighted by atomic mass is 9.99. The van der Waals surface area contributed by atoms with Crippen molar-refractivity contribution in [3.63, 3.8) is 0 Å². The lowest BCUT2D eigenvalue weighted by Crippen LogP contribution is -1.94. The van der Waals surface area contributed by atoms with Gasteiger partial charge in [0.2, 0.25) is 0 Å². The van der Waals surface area contributed by atoms with Crippen LogP contribution in [0.2, 0.25) is 0 Å². The summed E-state index contributed by atoms with van der Waals surface area (Å²) in [5, 5.41) is 24.2. The molecule has 0 aliphatic heterocycles. The maximum atomic E-state index is 6.70. The Kier molecular flexibility index (Phi) is 12.5. The number of fused-ring (bicyclic) bond motifs is 24. The van der Waals surface area contributed by atoms with Crippen LogP contribution in [0.5, 0.6) is 0 Å². The van der Waals surface area contributed by atoms with Gasteiger partial charge in [-0.05, 0) is 211 Å². The van der Waals surface area contributed by atoms with Gasteiger partial charge in [0.05, 0.1) is 49.5 Å². The largest absolute Gasteiger partial charge is 0.456 e. The number of benzene rings is 18. The van der Waals surface area contributed by atoms with Gasteiger partial charge in [-0.2, -0.15) is 0 Å². The summed E-state index contributed by atoms with van der Waals surface area (Å²) >= 11 is 0. The zero-order chi connectivity index (χ0) is 69.2. The van der Waals surface area contributed by atoms with E-state index in [0.717, 1.165) is 71.7 Å². The number of rotatable bonds is 6. The first-order chi connectivity index (χ1) is 52.5. The Morgan fingerprint density at radius 2 is 0.481 bits per heavy atom. The van der Waals surface area contributed by atoms with Crippen LogP contribution < -0.4 is 0 Å². The quantitative estimate of drug-likeness (QED) is 0.167. The summed E-state index contributed by atoms with van der Waals surface area (Å²) < 4.78 is 22.8. The van der Waals surface area contributed by atoms with Gasteiger partial charge in [0.15, 0.2) is 0 Å². The maximum absolute atomic E-state index is 6.70. The van der Waals surface area contributed by atoms with Crippen molar-refractivity contribution in [3.8, 4) is 45.0 Å². The van der Waals surface area contributed by atoms with Gasteiger partial charge < -0.3 is 27.1 Å². The normalized spacial score (nSPS) is 12.2. The SMILES string of the molecule is c1ccc2cc(-n3c4ccccc4c4cc(-c5ccc6c(c5)c5c7c(ccc5n6-c5ccc6ccccc6c5)oc5ccccc57)ccc43)ccc2c1.c1ccc2cc(-n3c4ccccc4c4cc(-c5ccc6c(c5)c5c7oc8ccccc8c7ccc5n6-c5ccc6ccccc6c5)ccc43)ccc2c1. The second-order valence-corrected chi connectivity index (χ2v) is 28.3. The van der Waals surface area contributed by atoms with E-state index in [0.29, 0.717) is 0 Å². The van der Waals surface area contributed by atoms with Crippen LogP contribution in [-0.4, -0.2) is 18.3 Å². The van der Waals surface area contributed by atoms with E-state index in [1.54, 1.807) is 0 Å². The van der Waals surface area contributed by atoms with Crippen molar-refractivity contribution in [1.29, 1.82) is 0 Å². The molecule has 0 bridgehead atoms. The van der Waals surface area contributed by atoms with Crippen molar-refractivity contribution >= 4 is 174 Å². The van der Waals surface area contributed by atoms with Crippen LogP contribution in [0, 0.1) is 0 Å². The van der Waals surface area contributed by atoms with E-state index >= 15 is 0 Å². The molecule has 6 aromatic heterocycles. The van der Waals surface area contributed by atoms with Crippen LogP contribution in [-0.2, 0) is 0 Å². The zero-order valence-electron chi connectivity index (χ0n) is 57.2. The fourth-order valence-corrected chi connectivity index (χ4v) is 17.7. The molecule has 106 heavy (non-hydrogen) atoms. The third-order valence-electron chi connectivity index (χ3n) is 22.5. The summed E-state index contributed by atoms with van der Waals surface area (Å²) in [5.41, 5.74) is 22.4. The van der Waals surface area contributed by atoms with Crippen molar-refractivity contribution in [2.24, 2.45) is 0 Å². The third kappa shape index (κ3) is 8.79. The summed E-state index contributed by atoms with van der Waals surface area (Å²) in [6.45, 7) is 0. The van der Waals surface area contributed by atoms with E-state index < -0.39 is 0 Å².